The average molecular weight is 368 g/mol. The molecule has 1 aromatic rings. The first kappa shape index (κ1) is 21.6. The number of phenols is 1. The van der Waals surface area contributed by atoms with E-state index >= 15 is 0 Å². The number of nitrogens with one attached hydrogen (secondary N) is 1. The molecule has 1 saturated heterocycles. The van der Waals surface area contributed by atoms with Crippen LogP contribution in [0.4, 0.5) is 0 Å². The van der Waals surface area contributed by atoms with Crippen molar-refractivity contribution in [3.05, 3.63) is 40.4 Å². The Kier molecular flexibility index (Phi) is 9.44. The lowest BCUT2D eigenvalue weighted by Gasteiger charge is -2.36. The maximum Gasteiger partial charge on any atom is 0.123 e. The fourth-order valence-electron chi connectivity index (χ4n) is 2.78. The van der Waals surface area contributed by atoms with Crippen LogP contribution in [0.15, 0.2) is 24.3 Å². The summed E-state index contributed by atoms with van der Waals surface area (Å²) in [4.78, 5) is 2.40. The molecule has 1 atom stereocenters. The van der Waals surface area contributed by atoms with Crippen molar-refractivity contribution < 1.29 is 5.11 Å². The third-order valence-corrected chi connectivity index (χ3v) is 4.01. The lowest BCUT2D eigenvalue weighted by Crippen LogP contribution is -2.45. The number of hydrogen-bond acceptors (Lipinski definition) is 3. The van der Waals surface area contributed by atoms with Crippen molar-refractivity contribution in [1.29, 1.82) is 0 Å². The molecule has 1 aromatic carbocycles. The van der Waals surface area contributed by atoms with Gasteiger partial charge in [0, 0.05) is 42.8 Å². The largest absolute Gasteiger partial charge is 0.507 e. The summed E-state index contributed by atoms with van der Waals surface area (Å²) in [6, 6.07) is 3.84. The summed E-state index contributed by atoms with van der Waals surface area (Å²) in [5, 5.41) is 14.4. The van der Waals surface area contributed by atoms with Crippen LogP contribution in [0, 0.1) is 6.92 Å². The van der Waals surface area contributed by atoms with Gasteiger partial charge in [-0.3, -0.25) is 4.90 Å². The normalized spacial score (nSPS) is 16.3. The Morgan fingerprint density at radius 1 is 1.36 bits per heavy atom. The van der Waals surface area contributed by atoms with Crippen molar-refractivity contribution >= 4 is 36.4 Å². The lowest BCUT2D eigenvalue weighted by molar-refractivity contribution is 0.170. The highest BCUT2D eigenvalue weighted by Gasteiger charge is 2.25. The van der Waals surface area contributed by atoms with E-state index in [0.29, 0.717) is 10.8 Å². The molecule has 1 aliphatic rings. The smallest absolute Gasteiger partial charge is 0.123 e. The Morgan fingerprint density at radius 3 is 2.50 bits per heavy atom. The van der Waals surface area contributed by atoms with E-state index in [2.05, 4.69) is 16.8 Å². The van der Waals surface area contributed by atoms with Crippen molar-refractivity contribution in [3.63, 3.8) is 0 Å². The van der Waals surface area contributed by atoms with Crippen LogP contribution in [0.2, 0.25) is 5.02 Å². The third-order valence-electron chi connectivity index (χ3n) is 3.79. The van der Waals surface area contributed by atoms with Gasteiger partial charge in [-0.15, -0.1) is 31.4 Å². The Bertz CT molecular complexity index is 502. The molecule has 0 saturated carbocycles. The number of halogens is 3. The zero-order valence-electron chi connectivity index (χ0n) is 13.1. The minimum Gasteiger partial charge on any atom is -0.507 e. The van der Waals surface area contributed by atoms with Crippen molar-refractivity contribution in [2.75, 3.05) is 26.2 Å². The molecule has 6 heteroatoms. The average Bonchev–Trinajstić information content (AvgIpc) is 2.41. The van der Waals surface area contributed by atoms with Gasteiger partial charge in [0.15, 0.2) is 0 Å². The van der Waals surface area contributed by atoms with Gasteiger partial charge >= 0.3 is 0 Å². The summed E-state index contributed by atoms with van der Waals surface area (Å²) in [6.07, 6.45) is 0.841. The van der Waals surface area contributed by atoms with E-state index in [0.717, 1.165) is 49.3 Å². The number of benzene rings is 1. The fourth-order valence-corrected chi connectivity index (χ4v) is 3.06. The van der Waals surface area contributed by atoms with E-state index in [9.17, 15) is 5.11 Å². The van der Waals surface area contributed by atoms with Crippen molar-refractivity contribution in [2.45, 2.75) is 26.3 Å². The van der Waals surface area contributed by atoms with Gasteiger partial charge in [0.2, 0.25) is 0 Å². The van der Waals surface area contributed by atoms with Crippen LogP contribution in [-0.4, -0.2) is 36.2 Å². The van der Waals surface area contributed by atoms with Crippen LogP contribution in [-0.2, 0) is 0 Å². The summed E-state index contributed by atoms with van der Waals surface area (Å²) in [5.74, 6) is 0.360. The molecule has 1 aliphatic heterocycles. The van der Waals surface area contributed by atoms with E-state index in [-0.39, 0.29) is 30.9 Å². The zero-order valence-corrected chi connectivity index (χ0v) is 15.5. The summed E-state index contributed by atoms with van der Waals surface area (Å²) >= 11 is 6.18. The summed E-state index contributed by atoms with van der Waals surface area (Å²) < 4.78 is 0. The van der Waals surface area contributed by atoms with Crippen LogP contribution in [0.25, 0.3) is 0 Å². The molecule has 0 aliphatic carbocycles. The molecular weight excluding hydrogens is 343 g/mol. The van der Waals surface area contributed by atoms with Gasteiger partial charge in [-0.25, -0.2) is 0 Å². The maximum absolute atomic E-state index is 10.4. The molecular formula is C16H25Cl3N2O. The van der Waals surface area contributed by atoms with Crippen LogP contribution >= 0.6 is 36.4 Å². The van der Waals surface area contributed by atoms with Gasteiger partial charge < -0.3 is 10.4 Å². The highest BCUT2D eigenvalue weighted by Crippen LogP contribution is 2.37. The zero-order chi connectivity index (χ0) is 14.7. The van der Waals surface area contributed by atoms with Gasteiger partial charge in [0.05, 0.1) is 0 Å². The Hall–Kier alpha value is -0.450. The van der Waals surface area contributed by atoms with Crippen LogP contribution in [0.1, 0.15) is 30.5 Å². The highest BCUT2D eigenvalue weighted by molar-refractivity contribution is 6.30. The molecule has 1 fully saturated rings. The molecule has 0 spiro atoms. The second-order valence-electron chi connectivity index (χ2n) is 5.62. The van der Waals surface area contributed by atoms with E-state index in [1.54, 1.807) is 6.07 Å². The standard InChI is InChI=1S/C16H23ClN2O.2ClH/c1-11(2)8-15(19-6-4-18-5-7-19)14-10-13(17)9-12(3)16(14)20;;/h9-10,15,18,20H,1,4-8H2,2-3H3;2*1H/t15-;;/m1../s1. The SMILES string of the molecule is C=C(C)C[C@H](c1cc(Cl)cc(C)c1O)N1CCNCC1.Cl.Cl. The fraction of sp³-hybridized carbons (Fsp3) is 0.500. The number of aryl methyl sites for hydroxylation is 1. The van der Waals surface area contributed by atoms with E-state index < -0.39 is 0 Å². The van der Waals surface area contributed by atoms with Crippen molar-refractivity contribution in [3.8, 4) is 5.75 Å². The van der Waals surface area contributed by atoms with Gasteiger partial charge in [-0.1, -0.05) is 17.2 Å². The monoisotopic (exact) mass is 366 g/mol. The van der Waals surface area contributed by atoms with Crippen LogP contribution in [0.5, 0.6) is 5.75 Å². The molecule has 2 rings (SSSR count). The van der Waals surface area contributed by atoms with Gasteiger partial charge in [0.25, 0.3) is 0 Å². The van der Waals surface area contributed by atoms with Crippen LogP contribution < -0.4 is 5.32 Å². The van der Waals surface area contributed by atoms with Gasteiger partial charge in [-0.05, 0) is 38.0 Å². The second-order valence-corrected chi connectivity index (χ2v) is 6.06. The van der Waals surface area contributed by atoms with Crippen molar-refractivity contribution in [1.82, 2.24) is 10.2 Å². The molecule has 1 heterocycles. The minimum atomic E-state index is 0. The molecule has 0 aromatic heterocycles. The molecule has 0 amide bonds. The molecule has 0 radical (unpaired) electrons. The van der Waals surface area contributed by atoms with E-state index in [4.69, 9.17) is 11.6 Å². The van der Waals surface area contributed by atoms with Gasteiger partial charge in [-0.2, -0.15) is 0 Å². The first-order valence-electron chi connectivity index (χ1n) is 7.07. The topological polar surface area (TPSA) is 35.5 Å². The lowest BCUT2D eigenvalue weighted by atomic mass is 9.95. The predicted octanol–water partition coefficient (Wildman–Crippen LogP) is 4.11. The molecule has 0 unspecified atom stereocenters. The van der Waals surface area contributed by atoms with Gasteiger partial charge in [0.1, 0.15) is 5.75 Å². The third kappa shape index (κ3) is 5.32. The van der Waals surface area contributed by atoms with E-state index in [1.807, 2.05) is 19.9 Å². The van der Waals surface area contributed by atoms with E-state index in [1.165, 1.54) is 0 Å². The number of piperazine rings is 1. The number of hydrogen-bond donors (Lipinski definition) is 2. The number of aromatic hydroxyl groups is 1. The summed E-state index contributed by atoms with van der Waals surface area (Å²) in [7, 11) is 0. The highest BCUT2D eigenvalue weighted by atomic mass is 35.5. The number of rotatable bonds is 4. The van der Waals surface area contributed by atoms with Crippen molar-refractivity contribution in [2.24, 2.45) is 0 Å². The van der Waals surface area contributed by atoms with Crippen LogP contribution in [0.3, 0.4) is 0 Å². The first-order chi connectivity index (χ1) is 9.49. The maximum atomic E-state index is 10.4. The quantitative estimate of drug-likeness (QED) is 0.786. The number of phenolic OH excluding ortho intramolecular Hbond substituents is 1. The Labute approximate surface area is 150 Å². The first-order valence-corrected chi connectivity index (χ1v) is 7.45. The predicted molar refractivity (Wildman–Crippen MR) is 99.0 cm³/mol. The molecule has 0 bridgehead atoms. The molecule has 22 heavy (non-hydrogen) atoms. The Balaban J connectivity index is 0.00000220. The summed E-state index contributed by atoms with van der Waals surface area (Å²) in [6.45, 7) is 11.9. The Morgan fingerprint density at radius 2 is 1.95 bits per heavy atom. The minimum absolute atomic E-state index is 0. The summed E-state index contributed by atoms with van der Waals surface area (Å²) in [5.41, 5.74) is 2.86. The molecule has 126 valence electrons. The second kappa shape index (κ2) is 9.64. The molecule has 2 N–H and O–H groups in total. The molecule has 3 nitrogen and oxygen atoms in total. The number of nitrogens with zero attached hydrogens (tertiary/aromatic N) is 1.